The van der Waals surface area contributed by atoms with Gasteiger partial charge in [-0.15, -0.1) is 0 Å². The van der Waals surface area contributed by atoms with E-state index in [0.29, 0.717) is 30.5 Å². The van der Waals surface area contributed by atoms with E-state index in [1.807, 2.05) is 22.9 Å². The summed E-state index contributed by atoms with van der Waals surface area (Å²) in [7, 11) is -3.63. The Labute approximate surface area is 173 Å². The van der Waals surface area contributed by atoms with Crippen LogP contribution in [-0.4, -0.2) is 53.4 Å². The molecule has 0 spiro atoms. The standard InChI is InChI=1S/C21H22FN3O4S/c1-30(28,29)20-10-15-6-9-25(19(15)11-18(20)22)13-17-3-2-16(12-23-17)14-4-7-24(8-5-14)21(26)27/h2-3,6,9-12,14H,4-5,7-8,13H2,1H3,(H,26,27). The smallest absolute Gasteiger partial charge is 0.407 e. The van der Waals surface area contributed by atoms with Crippen molar-refractivity contribution in [1.29, 1.82) is 0 Å². The minimum atomic E-state index is -3.63. The number of pyridine rings is 1. The molecule has 0 saturated carbocycles. The number of likely N-dealkylation sites (tertiary alicyclic amines) is 1. The first-order valence-corrected chi connectivity index (χ1v) is 11.5. The van der Waals surface area contributed by atoms with Crippen LogP contribution in [0.4, 0.5) is 9.18 Å². The number of hydrogen-bond acceptors (Lipinski definition) is 4. The summed E-state index contributed by atoms with van der Waals surface area (Å²) in [5, 5.41) is 9.71. The summed E-state index contributed by atoms with van der Waals surface area (Å²) in [6.07, 6.45) is 5.28. The molecule has 3 aromatic rings. The van der Waals surface area contributed by atoms with Crippen molar-refractivity contribution in [2.75, 3.05) is 19.3 Å². The van der Waals surface area contributed by atoms with Gasteiger partial charge in [-0.3, -0.25) is 4.98 Å². The number of carboxylic acid groups (broad SMARTS) is 1. The van der Waals surface area contributed by atoms with Gasteiger partial charge in [0.25, 0.3) is 0 Å². The first-order valence-electron chi connectivity index (χ1n) is 9.63. The van der Waals surface area contributed by atoms with E-state index in [-0.39, 0.29) is 10.8 Å². The topological polar surface area (TPSA) is 92.5 Å². The van der Waals surface area contributed by atoms with E-state index in [9.17, 15) is 17.6 Å². The van der Waals surface area contributed by atoms with Crippen LogP contribution in [0.15, 0.2) is 47.6 Å². The average Bonchev–Trinajstić information content (AvgIpc) is 3.09. The molecule has 1 aliphatic heterocycles. The molecule has 1 N–H and O–H groups in total. The summed E-state index contributed by atoms with van der Waals surface area (Å²) in [5.41, 5.74) is 2.49. The summed E-state index contributed by atoms with van der Waals surface area (Å²) in [6.45, 7) is 1.48. The Bertz CT molecular complexity index is 1200. The van der Waals surface area contributed by atoms with Gasteiger partial charge in [0, 0.05) is 37.1 Å². The number of sulfone groups is 1. The number of piperidine rings is 1. The number of carbonyl (C=O) groups is 1. The van der Waals surface area contributed by atoms with Crippen LogP contribution in [0.1, 0.15) is 30.0 Å². The molecule has 1 fully saturated rings. The Morgan fingerprint density at radius 1 is 1.23 bits per heavy atom. The van der Waals surface area contributed by atoms with E-state index in [1.165, 1.54) is 17.0 Å². The fourth-order valence-electron chi connectivity index (χ4n) is 3.96. The summed E-state index contributed by atoms with van der Waals surface area (Å²) >= 11 is 0. The molecule has 158 valence electrons. The van der Waals surface area contributed by atoms with Gasteiger partial charge in [0.2, 0.25) is 0 Å². The third-order valence-corrected chi connectivity index (χ3v) is 6.75. The Morgan fingerprint density at radius 3 is 2.57 bits per heavy atom. The lowest BCUT2D eigenvalue weighted by Gasteiger charge is -2.30. The van der Waals surface area contributed by atoms with Gasteiger partial charge in [-0.25, -0.2) is 17.6 Å². The molecular formula is C21H22FN3O4S. The minimum Gasteiger partial charge on any atom is -0.465 e. The largest absolute Gasteiger partial charge is 0.465 e. The highest BCUT2D eigenvalue weighted by Crippen LogP contribution is 2.28. The van der Waals surface area contributed by atoms with Gasteiger partial charge >= 0.3 is 6.09 Å². The zero-order chi connectivity index (χ0) is 21.5. The predicted octanol–water partition coefficient (Wildman–Crippen LogP) is 3.48. The van der Waals surface area contributed by atoms with Gasteiger partial charge in [0.1, 0.15) is 10.7 Å². The number of halogens is 1. The molecule has 1 aliphatic rings. The summed E-state index contributed by atoms with van der Waals surface area (Å²) < 4.78 is 39.6. The second kappa shape index (κ2) is 7.71. The lowest BCUT2D eigenvalue weighted by molar-refractivity contribution is 0.132. The SMILES string of the molecule is CS(=O)(=O)c1cc2ccn(Cc3ccc(C4CCN(C(=O)O)CC4)cn3)c2cc1F. The maximum Gasteiger partial charge on any atom is 0.407 e. The molecule has 1 aromatic carbocycles. The van der Waals surface area contributed by atoms with Crippen LogP contribution in [0.25, 0.3) is 10.9 Å². The van der Waals surface area contributed by atoms with Crippen LogP contribution in [0.2, 0.25) is 0 Å². The molecule has 1 amide bonds. The van der Waals surface area contributed by atoms with E-state index < -0.39 is 21.7 Å². The molecule has 9 heteroatoms. The number of amides is 1. The van der Waals surface area contributed by atoms with Crippen molar-refractivity contribution in [2.24, 2.45) is 0 Å². The molecular weight excluding hydrogens is 409 g/mol. The number of hydrogen-bond donors (Lipinski definition) is 1. The lowest BCUT2D eigenvalue weighted by Crippen LogP contribution is -2.36. The van der Waals surface area contributed by atoms with Crippen LogP contribution < -0.4 is 0 Å². The summed E-state index contributed by atoms with van der Waals surface area (Å²) in [6, 6.07) is 8.30. The van der Waals surface area contributed by atoms with Crippen molar-refractivity contribution >= 4 is 26.8 Å². The van der Waals surface area contributed by atoms with Gasteiger partial charge in [0.05, 0.1) is 17.8 Å². The molecule has 0 atom stereocenters. The Kier molecular flexibility index (Phi) is 5.23. The Morgan fingerprint density at radius 2 is 1.97 bits per heavy atom. The number of aromatic nitrogens is 2. The monoisotopic (exact) mass is 431 g/mol. The molecule has 30 heavy (non-hydrogen) atoms. The Balaban J connectivity index is 1.51. The maximum absolute atomic E-state index is 14.3. The van der Waals surface area contributed by atoms with Gasteiger partial charge in [-0.1, -0.05) is 6.07 Å². The van der Waals surface area contributed by atoms with Gasteiger partial charge < -0.3 is 14.6 Å². The van der Waals surface area contributed by atoms with Crippen LogP contribution in [0.5, 0.6) is 0 Å². The van der Waals surface area contributed by atoms with Crippen LogP contribution >= 0.6 is 0 Å². The summed E-state index contributed by atoms with van der Waals surface area (Å²) in [5.74, 6) is -0.473. The highest BCUT2D eigenvalue weighted by atomic mass is 32.2. The van der Waals surface area contributed by atoms with Crippen LogP contribution in [0, 0.1) is 5.82 Å². The molecule has 7 nitrogen and oxygen atoms in total. The van der Waals surface area contributed by atoms with Crippen molar-refractivity contribution in [3.8, 4) is 0 Å². The van der Waals surface area contributed by atoms with E-state index in [0.717, 1.165) is 30.4 Å². The normalized spacial score (nSPS) is 15.6. The highest BCUT2D eigenvalue weighted by Gasteiger charge is 2.23. The Hall–Kier alpha value is -2.94. The number of fused-ring (bicyclic) bond motifs is 1. The summed E-state index contributed by atoms with van der Waals surface area (Å²) in [4.78, 5) is 16.7. The first-order chi connectivity index (χ1) is 14.2. The molecule has 2 aromatic heterocycles. The third-order valence-electron chi connectivity index (χ3n) is 5.64. The molecule has 0 aliphatic carbocycles. The number of benzene rings is 1. The second-order valence-electron chi connectivity index (χ2n) is 7.68. The average molecular weight is 431 g/mol. The zero-order valence-corrected chi connectivity index (χ0v) is 17.3. The van der Waals surface area contributed by atoms with E-state index in [4.69, 9.17) is 5.11 Å². The van der Waals surface area contributed by atoms with Crippen molar-refractivity contribution < 1.29 is 22.7 Å². The molecule has 3 heterocycles. The van der Waals surface area contributed by atoms with Crippen molar-refractivity contribution in [3.63, 3.8) is 0 Å². The second-order valence-corrected chi connectivity index (χ2v) is 9.67. The fourth-order valence-corrected chi connectivity index (χ4v) is 4.72. The minimum absolute atomic E-state index is 0.290. The number of rotatable bonds is 4. The van der Waals surface area contributed by atoms with Crippen LogP contribution in [-0.2, 0) is 16.4 Å². The molecule has 0 unspecified atom stereocenters. The molecule has 4 rings (SSSR count). The fraction of sp³-hybridized carbons (Fsp3) is 0.333. The molecule has 0 bridgehead atoms. The third kappa shape index (κ3) is 4.02. The maximum atomic E-state index is 14.3. The molecule has 0 radical (unpaired) electrons. The predicted molar refractivity (Wildman–Crippen MR) is 110 cm³/mol. The van der Waals surface area contributed by atoms with Crippen LogP contribution in [0.3, 0.4) is 0 Å². The van der Waals surface area contributed by atoms with Crippen molar-refractivity contribution in [3.05, 3.63) is 59.8 Å². The van der Waals surface area contributed by atoms with E-state index in [2.05, 4.69) is 4.98 Å². The van der Waals surface area contributed by atoms with Gasteiger partial charge in [-0.2, -0.15) is 0 Å². The highest BCUT2D eigenvalue weighted by molar-refractivity contribution is 7.90. The van der Waals surface area contributed by atoms with E-state index in [1.54, 1.807) is 12.3 Å². The first kappa shape index (κ1) is 20.3. The van der Waals surface area contributed by atoms with Crippen molar-refractivity contribution in [1.82, 2.24) is 14.5 Å². The zero-order valence-electron chi connectivity index (χ0n) is 16.5. The van der Waals surface area contributed by atoms with Gasteiger partial charge in [0.15, 0.2) is 9.84 Å². The quantitative estimate of drug-likeness (QED) is 0.683. The molecule has 1 saturated heterocycles. The lowest BCUT2D eigenvalue weighted by atomic mass is 9.90. The van der Waals surface area contributed by atoms with E-state index >= 15 is 0 Å². The van der Waals surface area contributed by atoms with Gasteiger partial charge in [-0.05, 0) is 48.6 Å². The number of nitrogens with zero attached hydrogens (tertiary/aromatic N) is 3. The van der Waals surface area contributed by atoms with Crippen molar-refractivity contribution in [2.45, 2.75) is 30.2 Å².